The second kappa shape index (κ2) is 6.55. The molecular weight excluding hydrogens is 292 g/mol. The highest BCUT2D eigenvalue weighted by molar-refractivity contribution is 9.10. The smallest absolute Gasteiger partial charge is 0.0750 e. The lowest BCUT2D eigenvalue weighted by Gasteiger charge is -2.35. The third kappa shape index (κ3) is 3.05. The molecule has 1 atom stereocenters. The second-order valence-corrected chi connectivity index (χ2v) is 5.46. The van der Waals surface area contributed by atoms with Crippen LogP contribution >= 0.6 is 15.9 Å². The van der Waals surface area contributed by atoms with Gasteiger partial charge in [-0.2, -0.15) is 0 Å². The molecule has 1 saturated heterocycles. The molecule has 1 aliphatic heterocycles. The second-order valence-electron chi connectivity index (χ2n) is 4.61. The summed E-state index contributed by atoms with van der Waals surface area (Å²) in [5, 5.41) is 0. The molecule has 4 heteroatoms. The van der Waals surface area contributed by atoms with E-state index >= 15 is 0 Å². The summed E-state index contributed by atoms with van der Waals surface area (Å²) in [5.41, 5.74) is 8.30. The van der Waals surface area contributed by atoms with Crippen LogP contribution in [0.15, 0.2) is 22.7 Å². The number of halogens is 1. The molecule has 2 rings (SSSR count). The first-order valence-electron chi connectivity index (χ1n) is 6.60. The Bertz CT molecular complexity index is 395. The molecule has 0 spiro atoms. The van der Waals surface area contributed by atoms with Gasteiger partial charge in [0.05, 0.1) is 6.10 Å². The highest BCUT2D eigenvalue weighted by Crippen LogP contribution is 2.29. The maximum Gasteiger partial charge on any atom is 0.0750 e. The van der Waals surface area contributed by atoms with Gasteiger partial charge in [0, 0.05) is 42.0 Å². The molecule has 1 aromatic rings. The molecule has 100 valence electrons. The van der Waals surface area contributed by atoms with Gasteiger partial charge in [-0.1, -0.05) is 22.0 Å². The van der Waals surface area contributed by atoms with Crippen molar-refractivity contribution in [3.63, 3.8) is 0 Å². The van der Waals surface area contributed by atoms with Crippen molar-refractivity contribution in [1.29, 1.82) is 0 Å². The number of nitrogens with zero attached hydrogens (tertiary/aromatic N) is 1. The Morgan fingerprint density at radius 1 is 1.50 bits per heavy atom. The van der Waals surface area contributed by atoms with Gasteiger partial charge in [-0.15, -0.1) is 0 Å². The summed E-state index contributed by atoms with van der Waals surface area (Å²) in [5.74, 6) is 0. The lowest BCUT2D eigenvalue weighted by molar-refractivity contribution is 0.0526. The average molecular weight is 313 g/mol. The van der Waals surface area contributed by atoms with Crippen molar-refractivity contribution in [2.24, 2.45) is 5.73 Å². The molecule has 0 saturated carbocycles. The molecular formula is C14H21BrN2O. The van der Waals surface area contributed by atoms with Crippen LogP contribution in [0.3, 0.4) is 0 Å². The zero-order chi connectivity index (χ0) is 13.0. The Kier molecular flexibility index (Phi) is 5.03. The van der Waals surface area contributed by atoms with Crippen molar-refractivity contribution in [3.8, 4) is 0 Å². The molecule has 1 fully saturated rings. The minimum absolute atomic E-state index is 0.355. The zero-order valence-electron chi connectivity index (χ0n) is 10.9. The van der Waals surface area contributed by atoms with Crippen LogP contribution in [0.4, 0.5) is 5.69 Å². The van der Waals surface area contributed by atoms with E-state index in [1.807, 2.05) is 0 Å². The van der Waals surface area contributed by atoms with Crippen molar-refractivity contribution < 1.29 is 4.74 Å². The van der Waals surface area contributed by atoms with E-state index in [1.54, 1.807) is 0 Å². The van der Waals surface area contributed by atoms with Crippen LogP contribution in [0, 0.1) is 0 Å². The highest BCUT2D eigenvalue weighted by atomic mass is 79.9. The van der Waals surface area contributed by atoms with Gasteiger partial charge in [0.1, 0.15) is 0 Å². The van der Waals surface area contributed by atoms with Crippen LogP contribution in [0.5, 0.6) is 0 Å². The maximum absolute atomic E-state index is 5.86. The summed E-state index contributed by atoms with van der Waals surface area (Å²) in [4.78, 5) is 2.40. The number of piperidine rings is 1. The Morgan fingerprint density at radius 2 is 2.33 bits per heavy atom. The van der Waals surface area contributed by atoms with E-state index in [0.29, 0.717) is 12.6 Å². The van der Waals surface area contributed by atoms with E-state index in [0.717, 1.165) is 30.6 Å². The molecule has 0 amide bonds. The Morgan fingerprint density at radius 3 is 3.06 bits per heavy atom. The minimum Gasteiger partial charge on any atom is -0.377 e. The fourth-order valence-corrected chi connectivity index (χ4v) is 3.09. The number of anilines is 1. The van der Waals surface area contributed by atoms with Gasteiger partial charge < -0.3 is 15.4 Å². The normalized spacial score (nSPS) is 20.2. The summed E-state index contributed by atoms with van der Waals surface area (Å²) in [6.07, 6.45) is 2.70. The first kappa shape index (κ1) is 13.8. The first-order chi connectivity index (χ1) is 8.76. The topological polar surface area (TPSA) is 38.5 Å². The minimum atomic E-state index is 0.355. The monoisotopic (exact) mass is 312 g/mol. The quantitative estimate of drug-likeness (QED) is 0.929. The van der Waals surface area contributed by atoms with Gasteiger partial charge in [-0.05, 0) is 31.9 Å². The third-order valence-corrected chi connectivity index (χ3v) is 4.16. The Hall–Kier alpha value is -0.580. The zero-order valence-corrected chi connectivity index (χ0v) is 12.4. The summed E-state index contributed by atoms with van der Waals surface area (Å²) >= 11 is 3.58. The molecule has 0 bridgehead atoms. The molecule has 0 aliphatic carbocycles. The number of rotatable bonds is 4. The van der Waals surface area contributed by atoms with E-state index in [1.165, 1.54) is 17.7 Å². The van der Waals surface area contributed by atoms with Crippen LogP contribution in [0.25, 0.3) is 0 Å². The molecule has 1 heterocycles. The van der Waals surface area contributed by atoms with E-state index < -0.39 is 0 Å². The third-order valence-electron chi connectivity index (χ3n) is 3.42. The van der Waals surface area contributed by atoms with Gasteiger partial charge in [-0.3, -0.25) is 0 Å². The summed E-state index contributed by atoms with van der Waals surface area (Å²) in [6, 6.07) is 6.28. The average Bonchev–Trinajstić information content (AvgIpc) is 2.39. The molecule has 0 aromatic heterocycles. The summed E-state index contributed by atoms with van der Waals surface area (Å²) < 4.78 is 6.85. The number of hydrogen-bond donors (Lipinski definition) is 1. The first-order valence-corrected chi connectivity index (χ1v) is 7.39. The van der Waals surface area contributed by atoms with Crippen LogP contribution < -0.4 is 10.6 Å². The SMILES string of the molecule is CCOC1CCCN(c2cccc(Br)c2CN)C1. The number of ether oxygens (including phenoxy) is 1. The van der Waals surface area contributed by atoms with E-state index in [-0.39, 0.29) is 0 Å². The highest BCUT2D eigenvalue weighted by Gasteiger charge is 2.22. The fourth-order valence-electron chi connectivity index (χ4n) is 2.57. The molecule has 1 unspecified atom stereocenters. The van der Waals surface area contributed by atoms with Crippen molar-refractivity contribution in [3.05, 3.63) is 28.2 Å². The van der Waals surface area contributed by atoms with Gasteiger partial charge in [0.15, 0.2) is 0 Å². The predicted octanol–water partition coefficient (Wildman–Crippen LogP) is 2.91. The van der Waals surface area contributed by atoms with Crippen LogP contribution in [-0.2, 0) is 11.3 Å². The molecule has 2 N–H and O–H groups in total. The van der Waals surface area contributed by atoms with Gasteiger partial charge in [-0.25, -0.2) is 0 Å². The molecule has 1 aromatic carbocycles. The number of nitrogens with two attached hydrogens (primary N) is 1. The Labute approximate surface area is 117 Å². The van der Waals surface area contributed by atoms with Gasteiger partial charge in [0.25, 0.3) is 0 Å². The van der Waals surface area contributed by atoms with Crippen LogP contribution in [0.2, 0.25) is 0 Å². The van der Waals surface area contributed by atoms with Gasteiger partial charge >= 0.3 is 0 Å². The molecule has 1 aliphatic rings. The summed E-state index contributed by atoms with van der Waals surface area (Å²) in [7, 11) is 0. The molecule has 3 nitrogen and oxygen atoms in total. The van der Waals surface area contributed by atoms with E-state index in [2.05, 4.69) is 46.0 Å². The van der Waals surface area contributed by atoms with Crippen LogP contribution in [0.1, 0.15) is 25.3 Å². The fraction of sp³-hybridized carbons (Fsp3) is 0.571. The lowest BCUT2D eigenvalue weighted by atomic mass is 10.1. The largest absolute Gasteiger partial charge is 0.377 e. The van der Waals surface area contributed by atoms with Crippen LogP contribution in [-0.4, -0.2) is 25.8 Å². The lowest BCUT2D eigenvalue weighted by Crippen LogP contribution is -2.40. The molecule has 0 radical (unpaired) electrons. The number of benzene rings is 1. The van der Waals surface area contributed by atoms with Crippen molar-refractivity contribution in [2.45, 2.75) is 32.4 Å². The van der Waals surface area contributed by atoms with Crippen molar-refractivity contribution in [1.82, 2.24) is 0 Å². The predicted molar refractivity (Wildman–Crippen MR) is 78.9 cm³/mol. The standard InChI is InChI=1S/C14H21BrN2O/c1-2-18-11-5-4-8-17(10-11)14-7-3-6-13(15)12(14)9-16/h3,6-7,11H,2,4-5,8-10,16H2,1H3. The van der Waals surface area contributed by atoms with E-state index in [9.17, 15) is 0 Å². The Balaban J connectivity index is 2.18. The number of hydrogen-bond acceptors (Lipinski definition) is 3. The van der Waals surface area contributed by atoms with Gasteiger partial charge in [0.2, 0.25) is 0 Å². The molecule has 18 heavy (non-hydrogen) atoms. The summed E-state index contributed by atoms with van der Waals surface area (Å²) in [6.45, 7) is 5.47. The maximum atomic E-state index is 5.86. The van der Waals surface area contributed by atoms with E-state index in [4.69, 9.17) is 10.5 Å². The van der Waals surface area contributed by atoms with Crippen molar-refractivity contribution >= 4 is 21.6 Å². The van der Waals surface area contributed by atoms with Crippen molar-refractivity contribution in [2.75, 3.05) is 24.6 Å².